The van der Waals surface area contributed by atoms with Crippen molar-refractivity contribution in [2.24, 2.45) is 11.7 Å². The third-order valence-electron chi connectivity index (χ3n) is 4.98. The fourth-order valence-electron chi connectivity index (χ4n) is 3.30. The molecule has 124 valence electrons. The summed E-state index contributed by atoms with van der Waals surface area (Å²) < 4.78 is 0. The van der Waals surface area contributed by atoms with Crippen LogP contribution in [0.4, 0.5) is 0 Å². The van der Waals surface area contributed by atoms with Gasteiger partial charge in [-0.05, 0) is 39.0 Å². The zero-order chi connectivity index (χ0) is 15.1. The highest BCUT2D eigenvalue weighted by Gasteiger charge is 2.18. The molecule has 0 aromatic rings. The van der Waals surface area contributed by atoms with E-state index in [-0.39, 0.29) is 0 Å². The summed E-state index contributed by atoms with van der Waals surface area (Å²) >= 11 is 0. The molecule has 2 rings (SSSR count). The molecular formula is C16H35N5. The topological polar surface area (TPSA) is 39.0 Å². The van der Waals surface area contributed by atoms with Gasteiger partial charge in [-0.1, -0.05) is 6.92 Å². The summed E-state index contributed by atoms with van der Waals surface area (Å²) in [5.74, 6) is 0.627. The van der Waals surface area contributed by atoms with Crippen LogP contribution in [0.2, 0.25) is 0 Å². The van der Waals surface area contributed by atoms with Crippen LogP contribution < -0.4 is 5.73 Å². The van der Waals surface area contributed by atoms with E-state index in [4.69, 9.17) is 5.73 Å². The molecule has 2 aliphatic rings. The minimum Gasteiger partial charge on any atom is -0.330 e. The van der Waals surface area contributed by atoms with Gasteiger partial charge in [0.25, 0.3) is 0 Å². The van der Waals surface area contributed by atoms with Crippen molar-refractivity contribution in [3.8, 4) is 0 Å². The number of piperazine rings is 1. The lowest BCUT2D eigenvalue weighted by Crippen LogP contribution is -2.47. The van der Waals surface area contributed by atoms with Crippen LogP contribution in [0.25, 0.3) is 0 Å². The molecule has 0 amide bonds. The highest BCUT2D eigenvalue weighted by atomic mass is 15.3. The minimum absolute atomic E-state index is 0.627. The maximum absolute atomic E-state index is 5.75. The molecule has 0 aliphatic carbocycles. The van der Waals surface area contributed by atoms with Crippen LogP contribution in [-0.4, -0.2) is 105 Å². The highest BCUT2D eigenvalue weighted by molar-refractivity contribution is 4.74. The molecule has 2 aliphatic heterocycles. The standard InChI is InChI=1S/C16H35N5/c1-16(14-17)15-21-5-3-4-19(12-13-21)10-11-20-8-6-18(2)7-9-20/h16H,3-15,17H2,1-2H3. The van der Waals surface area contributed by atoms with E-state index in [1.165, 1.54) is 78.4 Å². The Labute approximate surface area is 131 Å². The Morgan fingerprint density at radius 2 is 1.33 bits per heavy atom. The Balaban J connectivity index is 1.64. The van der Waals surface area contributed by atoms with E-state index < -0.39 is 0 Å². The van der Waals surface area contributed by atoms with Crippen molar-refractivity contribution in [3.63, 3.8) is 0 Å². The Morgan fingerprint density at radius 3 is 2.00 bits per heavy atom. The molecule has 2 heterocycles. The number of rotatable bonds is 6. The molecule has 0 aromatic heterocycles. The van der Waals surface area contributed by atoms with Gasteiger partial charge in [-0.3, -0.25) is 4.90 Å². The quantitative estimate of drug-likeness (QED) is 0.737. The van der Waals surface area contributed by atoms with Crippen LogP contribution in [0, 0.1) is 5.92 Å². The number of hydrogen-bond acceptors (Lipinski definition) is 5. The molecule has 2 saturated heterocycles. The zero-order valence-electron chi connectivity index (χ0n) is 14.1. The molecule has 0 aromatic carbocycles. The predicted octanol–water partition coefficient (Wildman–Crippen LogP) is -0.164. The van der Waals surface area contributed by atoms with Gasteiger partial charge in [0.2, 0.25) is 0 Å². The lowest BCUT2D eigenvalue weighted by molar-refractivity contribution is 0.135. The Hall–Kier alpha value is -0.200. The SMILES string of the molecule is CC(CN)CN1CCCN(CCN2CCN(C)CC2)CC1. The van der Waals surface area contributed by atoms with E-state index in [1.807, 2.05) is 0 Å². The van der Waals surface area contributed by atoms with Crippen LogP contribution in [-0.2, 0) is 0 Å². The van der Waals surface area contributed by atoms with E-state index >= 15 is 0 Å². The molecule has 1 unspecified atom stereocenters. The maximum Gasteiger partial charge on any atom is 0.0110 e. The molecule has 2 N–H and O–H groups in total. The summed E-state index contributed by atoms with van der Waals surface area (Å²) in [7, 11) is 2.23. The van der Waals surface area contributed by atoms with Crippen LogP contribution in [0.15, 0.2) is 0 Å². The molecule has 2 fully saturated rings. The second-order valence-electron chi connectivity index (χ2n) is 6.98. The second kappa shape index (κ2) is 9.06. The number of nitrogens with two attached hydrogens (primary N) is 1. The van der Waals surface area contributed by atoms with Crippen LogP contribution in [0.1, 0.15) is 13.3 Å². The number of hydrogen-bond donors (Lipinski definition) is 1. The number of likely N-dealkylation sites (N-methyl/N-ethyl adjacent to an activating group) is 1. The smallest absolute Gasteiger partial charge is 0.0110 e. The first-order valence-electron chi connectivity index (χ1n) is 8.73. The monoisotopic (exact) mass is 297 g/mol. The minimum atomic E-state index is 0.627. The third-order valence-corrected chi connectivity index (χ3v) is 4.98. The normalized spacial score (nSPS) is 25.9. The van der Waals surface area contributed by atoms with Crippen molar-refractivity contribution >= 4 is 0 Å². The second-order valence-corrected chi connectivity index (χ2v) is 6.98. The van der Waals surface area contributed by atoms with E-state index in [1.54, 1.807) is 0 Å². The molecule has 0 radical (unpaired) electrons. The average Bonchev–Trinajstić information content (AvgIpc) is 2.72. The molecular weight excluding hydrogens is 262 g/mol. The van der Waals surface area contributed by atoms with Gasteiger partial charge in [-0.2, -0.15) is 0 Å². The van der Waals surface area contributed by atoms with Gasteiger partial charge in [0.15, 0.2) is 0 Å². The highest BCUT2D eigenvalue weighted by Crippen LogP contribution is 2.07. The molecule has 5 heteroatoms. The first-order chi connectivity index (χ1) is 10.2. The van der Waals surface area contributed by atoms with Crippen LogP contribution in [0.5, 0.6) is 0 Å². The van der Waals surface area contributed by atoms with Gasteiger partial charge < -0.3 is 20.4 Å². The Kier molecular flexibility index (Phi) is 7.40. The van der Waals surface area contributed by atoms with Gasteiger partial charge in [-0.15, -0.1) is 0 Å². The summed E-state index contributed by atoms with van der Waals surface area (Å²) in [5, 5.41) is 0. The van der Waals surface area contributed by atoms with Crippen molar-refractivity contribution in [1.82, 2.24) is 19.6 Å². The molecule has 5 nitrogen and oxygen atoms in total. The summed E-state index contributed by atoms with van der Waals surface area (Å²) in [6, 6.07) is 0. The number of nitrogens with zero attached hydrogens (tertiary/aromatic N) is 4. The van der Waals surface area contributed by atoms with E-state index in [9.17, 15) is 0 Å². The first kappa shape index (κ1) is 17.2. The molecule has 0 bridgehead atoms. The molecule has 0 saturated carbocycles. The third kappa shape index (κ3) is 6.20. The van der Waals surface area contributed by atoms with Crippen molar-refractivity contribution < 1.29 is 0 Å². The van der Waals surface area contributed by atoms with Crippen molar-refractivity contribution in [1.29, 1.82) is 0 Å². The van der Waals surface area contributed by atoms with Crippen molar-refractivity contribution in [3.05, 3.63) is 0 Å². The lowest BCUT2D eigenvalue weighted by atomic mass is 10.1. The average molecular weight is 297 g/mol. The van der Waals surface area contributed by atoms with Crippen molar-refractivity contribution in [2.75, 3.05) is 85.6 Å². The largest absolute Gasteiger partial charge is 0.330 e. The van der Waals surface area contributed by atoms with Crippen molar-refractivity contribution in [2.45, 2.75) is 13.3 Å². The lowest BCUT2D eigenvalue weighted by Gasteiger charge is -2.33. The van der Waals surface area contributed by atoms with E-state index in [0.29, 0.717) is 5.92 Å². The predicted molar refractivity (Wildman–Crippen MR) is 89.7 cm³/mol. The van der Waals surface area contributed by atoms with E-state index in [2.05, 4.69) is 33.6 Å². The van der Waals surface area contributed by atoms with Gasteiger partial charge in [0.1, 0.15) is 0 Å². The van der Waals surface area contributed by atoms with Crippen LogP contribution in [0.3, 0.4) is 0 Å². The van der Waals surface area contributed by atoms with Gasteiger partial charge in [-0.25, -0.2) is 0 Å². The fourth-order valence-corrected chi connectivity index (χ4v) is 3.30. The first-order valence-corrected chi connectivity index (χ1v) is 8.73. The molecule has 0 spiro atoms. The van der Waals surface area contributed by atoms with Gasteiger partial charge >= 0.3 is 0 Å². The van der Waals surface area contributed by atoms with Gasteiger partial charge in [0.05, 0.1) is 0 Å². The summed E-state index contributed by atoms with van der Waals surface area (Å²) in [4.78, 5) is 10.3. The summed E-state index contributed by atoms with van der Waals surface area (Å²) in [6.07, 6.45) is 1.31. The van der Waals surface area contributed by atoms with Crippen LogP contribution >= 0.6 is 0 Å². The van der Waals surface area contributed by atoms with E-state index in [0.717, 1.165) is 6.54 Å². The molecule has 1 atom stereocenters. The molecule has 21 heavy (non-hydrogen) atoms. The Morgan fingerprint density at radius 1 is 0.810 bits per heavy atom. The maximum atomic E-state index is 5.75. The van der Waals surface area contributed by atoms with Gasteiger partial charge in [0, 0.05) is 58.9 Å². The zero-order valence-corrected chi connectivity index (χ0v) is 14.1. The summed E-state index contributed by atoms with van der Waals surface area (Å²) in [5.41, 5.74) is 5.75. The summed E-state index contributed by atoms with van der Waals surface area (Å²) in [6.45, 7) is 16.6. The Bertz CT molecular complexity index is 278. The fraction of sp³-hybridized carbons (Fsp3) is 1.00.